The molecule has 1 atom stereocenters. The highest BCUT2D eigenvalue weighted by Crippen LogP contribution is 2.16. The Morgan fingerprint density at radius 1 is 1.19 bits per heavy atom. The normalized spacial score (nSPS) is 21.0. The van der Waals surface area contributed by atoms with E-state index in [0.29, 0.717) is 24.8 Å². The van der Waals surface area contributed by atoms with E-state index >= 15 is 0 Å². The molecular formula is C19H29N5O3. The van der Waals surface area contributed by atoms with E-state index in [-0.39, 0.29) is 18.0 Å². The first-order valence-electron chi connectivity index (χ1n) is 9.77. The van der Waals surface area contributed by atoms with Gasteiger partial charge in [-0.15, -0.1) is 0 Å². The van der Waals surface area contributed by atoms with Gasteiger partial charge in [-0.3, -0.25) is 9.78 Å². The molecular weight excluding hydrogens is 346 g/mol. The van der Waals surface area contributed by atoms with E-state index in [4.69, 9.17) is 4.74 Å². The fraction of sp³-hybridized carbons (Fsp3) is 0.632. The van der Waals surface area contributed by atoms with E-state index < -0.39 is 0 Å². The van der Waals surface area contributed by atoms with Crippen molar-refractivity contribution >= 4 is 11.9 Å². The van der Waals surface area contributed by atoms with Crippen LogP contribution < -0.4 is 16.0 Å². The van der Waals surface area contributed by atoms with Crippen LogP contribution in [0.25, 0.3) is 0 Å². The number of carbonyl (C=O) groups excluding carboxylic acids is 2. The Balaban J connectivity index is 1.25. The van der Waals surface area contributed by atoms with Crippen LogP contribution in [0.4, 0.5) is 4.79 Å². The van der Waals surface area contributed by atoms with Gasteiger partial charge in [-0.25, -0.2) is 4.79 Å². The van der Waals surface area contributed by atoms with E-state index in [0.717, 1.165) is 45.5 Å². The first-order chi connectivity index (χ1) is 13.2. The number of pyridine rings is 1. The summed E-state index contributed by atoms with van der Waals surface area (Å²) in [5, 5.41) is 8.57. The molecule has 3 amide bonds. The molecule has 1 unspecified atom stereocenters. The van der Waals surface area contributed by atoms with Crippen molar-refractivity contribution in [2.24, 2.45) is 0 Å². The number of hydrogen-bond donors (Lipinski definition) is 3. The van der Waals surface area contributed by atoms with Crippen LogP contribution in [0.3, 0.4) is 0 Å². The topological polar surface area (TPSA) is 95.6 Å². The predicted octanol–water partition coefficient (Wildman–Crippen LogP) is 0.754. The molecule has 0 radical (unpaired) electrons. The third-order valence-electron chi connectivity index (χ3n) is 5.03. The van der Waals surface area contributed by atoms with Gasteiger partial charge in [0.2, 0.25) is 0 Å². The second kappa shape index (κ2) is 10.2. The highest BCUT2D eigenvalue weighted by atomic mass is 16.5. The van der Waals surface area contributed by atoms with E-state index in [1.54, 1.807) is 18.3 Å². The van der Waals surface area contributed by atoms with E-state index in [2.05, 4.69) is 25.8 Å². The molecule has 3 rings (SSSR count). The Labute approximate surface area is 160 Å². The quantitative estimate of drug-likeness (QED) is 0.612. The number of ether oxygens (including phenoxy) is 1. The lowest BCUT2D eigenvalue weighted by Crippen LogP contribution is -2.49. The van der Waals surface area contributed by atoms with E-state index in [9.17, 15) is 9.59 Å². The molecule has 1 aromatic heterocycles. The zero-order valence-electron chi connectivity index (χ0n) is 15.7. The maximum absolute atomic E-state index is 12.0. The number of piperidine rings is 1. The maximum atomic E-state index is 12.0. The van der Waals surface area contributed by atoms with Gasteiger partial charge >= 0.3 is 6.03 Å². The Morgan fingerprint density at radius 2 is 2.00 bits per heavy atom. The highest BCUT2D eigenvalue weighted by Gasteiger charge is 2.24. The molecule has 27 heavy (non-hydrogen) atoms. The van der Waals surface area contributed by atoms with Gasteiger partial charge in [0.05, 0.1) is 11.7 Å². The van der Waals surface area contributed by atoms with Crippen LogP contribution in [0.15, 0.2) is 24.5 Å². The Kier molecular flexibility index (Phi) is 7.41. The third-order valence-corrected chi connectivity index (χ3v) is 5.03. The van der Waals surface area contributed by atoms with Crippen LogP contribution in [-0.2, 0) is 4.74 Å². The lowest BCUT2D eigenvalue weighted by Gasteiger charge is -2.33. The Morgan fingerprint density at radius 3 is 2.70 bits per heavy atom. The van der Waals surface area contributed by atoms with Crippen molar-refractivity contribution in [3.63, 3.8) is 0 Å². The number of nitrogens with one attached hydrogen (secondary N) is 3. The molecule has 8 nitrogen and oxygen atoms in total. The van der Waals surface area contributed by atoms with Crippen molar-refractivity contribution in [3.05, 3.63) is 30.1 Å². The second-order valence-electron chi connectivity index (χ2n) is 7.11. The largest absolute Gasteiger partial charge is 0.377 e. The van der Waals surface area contributed by atoms with E-state index in [1.165, 1.54) is 12.6 Å². The van der Waals surface area contributed by atoms with Crippen molar-refractivity contribution in [2.45, 2.75) is 37.8 Å². The number of aromatic nitrogens is 1. The average molecular weight is 375 g/mol. The fourth-order valence-electron chi connectivity index (χ4n) is 3.52. The summed E-state index contributed by atoms with van der Waals surface area (Å²) in [6.07, 6.45) is 7.77. The van der Waals surface area contributed by atoms with Crippen LogP contribution in [0.1, 0.15) is 36.0 Å². The standard InChI is InChI=1S/C19H29N5O3/c25-18(15-3-1-7-20-13-15)21-8-9-22-19(26)23-16-5-10-24(11-6-16)14-17-4-2-12-27-17/h1,3,7,13,16-17H,2,4-6,8-12,14H2,(H,21,25)(H2,22,23,26). The van der Waals surface area contributed by atoms with Gasteiger partial charge in [0.25, 0.3) is 5.91 Å². The molecule has 0 bridgehead atoms. The molecule has 0 aliphatic carbocycles. The highest BCUT2D eigenvalue weighted by molar-refractivity contribution is 5.93. The summed E-state index contributed by atoms with van der Waals surface area (Å²) in [4.78, 5) is 30.2. The van der Waals surface area contributed by atoms with Crippen LogP contribution in [0.2, 0.25) is 0 Å². The van der Waals surface area contributed by atoms with Gasteiger partial charge in [0.15, 0.2) is 0 Å². The first kappa shape index (κ1) is 19.6. The molecule has 1 aromatic rings. The van der Waals surface area contributed by atoms with Gasteiger partial charge in [-0.05, 0) is 37.8 Å². The number of likely N-dealkylation sites (tertiary alicyclic amines) is 1. The predicted molar refractivity (Wildman–Crippen MR) is 102 cm³/mol. The molecule has 2 aliphatic heterocycles. The first-order valence-corrected chi connectivity index (χ1v) is 9.77. The molecule has 2 saturated heterocycles. The Hall–Kier alpha value is -2.19. The van der Waals surface area contributed by atoms with Gasteiger partial charge in [-0.1, -0.05) is 0 Å². The molecule has 2 aliphatic rings. The van der Waals surface area contributed by atoms with Crippen molar-refractivity contribution in [3.8, 4) is 0 Å². The minimum absolute atomic E-state index is 0.178. The van der Waals surface area contributed by atoms with Gasteiger partial charge in [-0.2, -0.15) is 0 Å². The summed E-state index contributed by atoms with van der Waals surface area (Å²) < 4.78 is 5.69. The minimum atomic E-state index is -0.191. The summed E-state index contributed by atoms with van der Waals surface area (Å²) in [5.41, 5.74) is 0.511. The van der Waals surface area contributed by atoms with Crippen molar-refractivity contribution in [1.82, 2.24) is 25.8 Å². The van der Waals surface area contributed by atoms with Crippen LogP contribution in [-0.4, -0.2) is 73.3 Å². The number of hydrogen-bond acceptors (Lipinski definition) is 5. The average Bonchev–Trinajstić information content (AvgIpc) is 3.20. The number of rotatable bonds is 7. The minimum Gasteiger partial charge on any atom is -0.377 e. The van der Waals surface area contributed by atoms with Crippen molar-refractivity contribution in [1.29, 1.82) is 0 Å². The number of carbonyl (C=O) groups is 2. The SMILES string of the molecule is O=C(NCCNC(=O)c1cccnc1)NC1CCN(CC2CCCO2)CC1. The molecule has 0 saturated carbocycles. The number of nitrogens with zero attached hydrogens (tertiary/aromatic N) is 2. The summed E-state index contributed by atoms with van der Waals surface area (Å²) in [7, 11) is 0. The van der Waals surface area contributed by atoms with Crippen molar-refractivity contribution < 1.29 is 14.3 Å². The van der Waals surface area contributed by atoms with Crippen molar-refractivity contribution in [2.75, 3.05) is 39.3 Å². The molecule has 148 valence electrons. The maximum Gasteiger partial charge on any atom is 0.315 e. The second-order valence-corrected chi connectivity index (χ2v) is 7.11. The van der Waals surface area contributed by atoms with E-state index in [1.807, 2.05) is 0 Å². The zero-order valence-corrected chi connectivity index (χ0v) is 15.7. The van der Waals surface area contributed by atoms with Gasteiger partial charge in [0.1, 0.15) is 0 Å². The summed E-state index contributed by atoms with van der Waals surface area (Å²) in [5.74, 6) is -0.191. The summed E-state index contributed by atoms with van der Waals surface area (Å²) in [6.45, 7) is 4.65. The molecule has 2 fully saturated rings. The van der Waals surface area contributed by atoms with Crippen LogP contribution in [0, 0.1) is 0 Å². The summed E-state index contributed by atoms with van der Waals surface area (Å²) >= 11 is 0. The molecule has 3 heterocycles. The molecule has 8 heteroatoms. The monoisotopic (exact) mass is 375 g/mol. The lowest BCUT2D eigenvalue weighted by atomic mass is 10.0. The smallest absolute Gasteiger partial charge is 0.315 e. The van der Waals surface area contributed by atoms with Crippen LogP contribution >= 0.6 is 0 Å². The number of urea groups is 1. The van der Waals surface area contributed by atoms with Gasteiger partial charge < -0.3 is 25.6 Å². The lowest BCUT2D eigenvalue weighted by molar-refractivity contribution is 0.0632. The fourth-order valence-corrected chi connectivity index (χ4v) is 3.52. The number of amides is 3. The third kappa shape index (κ3) is 6.48. The summed E-state index contributed by atoms with van der Waals surface area (Å²) in [6, 6.07) is 3.44. The molecule has 0 aromatic carbocycles. The zero-order chi connectivity index (χ0) is 18.9. The van der Waals surface area contributed by atoms with Crippen LogP contribution in [0.5, 0.6) is 0 Å². The molecule has 3 N–H and O–H groups in total. The van der Waals surface area contributed by atoms with Gasteiger partial charge in [0, 0.05) is 57.8 Å². The Bertz CT molecular complexity index is 599. The molecule has 0 spiro atoms.